The molecular weight excluding hydrogens is 437 g/mol. The van der Waals surface area contributed by atoms with Gasteiger partial charge in [-0.05, 0) is 57.5 Å². The van der Waals surface area contributed by atoms with Crippen molar-refractivity contribution in [3.05, 3.63) is 46.2 Å². The van der Waals surface area contributed by atoms with Gasteiger partial charge in [-0.2, -0.15) is 9.97 Å². The molecule has 0 unspecified atom stereocenters. The van der Waals surface area contributed by atoms with E-state index in [9.17, 15) is 4.79 Å². The third kappa shape index (κ3) is 4.00. The average Bonchev–Trinajstić information content (AvgIpc) is 3.41. The average molecular weight is 466 g/mol. The minimum absolute atomic E-state index is 0.145. The lowest BCUT2D eigenvalue weighted by Crippen LogP contribution is -2.31. The number of anilines is 1. The summed E-state index contributed by atoms with van der Waals surface area (Å²) in [6, 6.07) is 7.52. The first-order chi connectivity index (χ1) is 16.5. The maximum Gasteiger partial charge on any atom is 0.417 e. The maximum absolute atomic E-state index is 16.1. The summed E-state index contributed by atoms with van der Waals surface area (Å²) in [5.41, 5.74) is 2.50. The van der Waals surface area contributed by atoms with Crippen LogP contribution in [-0.4, -0.2) is 52.6 Å². The molecule has 0 aliphatic carbocycles. The van der Waals surface area contributed by atoms with Crippen molar-refractivity contribution >= 4 is 27.8 Å². The van der Waals surface area contributed by atoms with Gasteiger partial charge in [0.15, 0.2) is 11.4 Å². The van der Waals surface area contributed by atoms with Crippen LogP contribution in [0.4, 0.5) is 10.2 Å². The van der Waals surface area contributed by atoms with E-state index in [0.29, 0.717) is 58.2 Å². The van der Waals surface area contributed by atoms with Crippen LogP contribution in [0.5, 0.6) is 6.01 Å². The zero-order chi connectivity index (χ0) is 23.8. The number of nitrogens with one attached hydrogen (secondary N) is 2. The molecule has 4 aromatic rings. The van der Waals surface area contributed by atoms with Gasteiger partial charge in [-0.1, -0.05) is 19.1 Å². The molecule has 1 aliphatic rings. The summed E-state index contributed by atoms with van der Waals surface area (Å²) < 4.78 is 27.4. The van der Waals surface area contributed by atoms with Crippen LogP contribution >= 0.6 is 0 Å². The predicted molar refractivity (Wildman–Crippen MR) is 130 cm³/mol. The smallest absolute Gasteiger partial charge is 0.417 e. The number of hydrogen-bond donors (Lipinski definition) is 2. The number of rotatable bonds is 7. The van der Waals surface area contributed by atoms with E-state index < -0.39 is 11.6 Å². The molecule has 2 aromatic carbocycles. The SMILES string of the molecule is CCCNc1nc(OC[C@@H]2CCCN2C)nc2c(F)c(-c3cccc4[nH]c(=O)oc34)c(C)cc12. The number of aromatic amines is 1. The van der Waals surface area contributed by atoms with E-state index in [0.717, 1.165) is 25.8 Å². The minimum atomic E-state index is -0.581. The van der Waals surface area contributed by atoms with Gasteiger partial charge in [0.1, 0.15) is 17.9 Å². The molecule has 1 aliphatic heterocycles. The van der Waals surface area contributed by atoms with Gasteiger partial charge in [-0.3, -0.25) is 4.98 Å². The Kier molecular flexibility index (Phi) is 5.95. The largest absolute Gasteiger partial charge is 0.462 e. The molecule has 8 nitrogen and oxygen atoms in total. The third-order valence-corrected chi connectivity index (χ3v) is 6.44. The second-order valence-corrected chi connectivity index (χ2v) is 8.84. The molecule has 0 amide bonds. The van der Waals surface area contributed by atoms with E-state index in [4.69, 9.17) is 9.15 Å². The number of H-pyrrole nitrogens is 1. The molecule has 2 N–H and O–H groups in total. The van der Waals surface area contributed by atoms with E-state index in [2.05, 4.69) is 39.1 Å². The number of para-hydroxylation sites is 1. The van der Waals surface area contributed by atoms with E-state index in [-0.39, 0.29) is 11.5 Å². The summed E-state index contributed by atoms with van der Waals surface area (Å²) in [4.78, 5) is 25.7. The number of likely N-dealkylation sites (tertiary alicyclic amines) is 1. The topological polar surface area (TPSA) is 96.3 Å². The van der Waals surface area contributed by atoms with Crippen molar-refractivity contribution in [3.8, 4) is 17.1 Å². The molecule has 1 atom stereocenters. The second kappa shape index (κ2) is 9.06. The fourth-order valence-corrected chi connectivity index (χ4v) is 4.64. The molecule has 0 spiro atoms. The van der Waals surface area contributed by atoms with Crippen LogP contribution in [0, 0.1) is 12.7 Å². The van der Waals surface area contributed by atoms with Crippen molar-refractivity contribution in [2.75, 3.05) is 32.1 Å². The fourth-order valence-electron chi connectivity index (χ4n) is 4.64. The van der Waals surface area contributed by atoms with E-state index in [1.165, 1.54) is 0 Å². The molecule has 178 valence electrons. The van der Waals surface area contributed by atoms with Gasteiger partial charge in [0, 0.05) is 29.1 Å². The molecule has 2 aromatic heterocycles. The highest BCUT2D eigenvalue weighted by molar-refractivity contribution is 5.98. The van der Waals surface area contributed by atoms with Crippen molar-refractivity contribution in [1.82, 2.24) is 19.9 Å². The molecule has 1 fully saturated rings. The monoisotopic (exact) mass is 465 g/mol. The van der Waals surface area contributed by atoms with Crippen LogP contribution in [0.25, 0.3) is 33.1 Å². The lowest BCUT2D eigenvalue weighted by atomic mass is 9.96. The Labute approximate surface area is 196 Å². The summed E-state index contributed by atoms with van der Waals surface area (Å²) in [6.45, 7) is 6.05. The van der Waals surface area contributed by atoms with Gasteiger partial charge in [0.25, 0.3) is 0 Å². The number of oxazole rings is 1. The van der Waals surface area contributed by atoms with Gasteiger partial charge in [-0.15, -0.1) is 0 Å². The minimum Gasteiger partial charge on any atom is -0.462 e. The first kappa shape index (κ1) is 22.3. The quantitative estimate of drug-likeness (QED) is 0.416. The summed E-state index contributed by atoms with van der Waals surface area (Å²) in [5, 5.41) is 3.87. The molecule has 0 saturated carbocycles. The van der Waals surface area contributed by atoms with Crippen LogP contribution in [0.1, 0.15) is 31.7 Å². The highest BCUT2D eigenvalue weighted by Crippen LogP contribution is 2.37. The standard InChI is InChI=1S/C25H28FN5O3/c1-4-10-27-23-17-12-14(2)19(16-8-5-9-18-22(16)34-25(32)28-18)20(26)21(17)29-24(30-23)33-13-15-7-6-11-31(15)3/h5,8-9,12,15H,4,6-7,10-11,13H2,1-3H3,(H,28,32)(H,27,29,30)/t15-/m0/s1. The zero-order valence-corrected chi connectivity index (χ0v) is 19.6. The maximum atomic E-state index is 16.1. The molecule has 0 bridgehead atoms. The van der Waals surface area contributed by atoms with Crippen molar-refractivity contribution in [3.63, 3.8) is 0 Å². The number of nitrogens with zero attached hydrogens (tertiary/aromatic N) is 3. The number of benzene rings is 2. The number of likely N-dealkylation sites (N-methyl/N-ethyl adjacent to an activating group) is 1. The van der Waals surface area contributed by atoms with Gasteiger partial charge < -0.3 is 19.4 Å². The lowest BCUT2D eigenvalue weighted by Gasteiger charge is -2.20. The van der Waals surface area contributed by atoms with Crippen LogP contribution < -0.4 is 15.8 Å². The number of ether oxygens (including phenoxy) is 1. The van der Waals surface area contributed by atoms with E-state index in [1.807, 2.05) is 13.0 Å². The second-order valence-electron chi connectivity index (χ2n) is 8.84. The third-order valence-electron chi connectivity index (χ3n) is 6.44. The number of fused-ring (bicyclic) bond motifs is 2. The molecule has 3 heterocycles. The Morgan fingerprint density at radius 2 is 2.21 bits per heavy atom. The Hall–Kier alpha value is -3.46. The highest BCUT2D eigenvalue weighted by atomic mass is 19.1. The number of hydrogen-bond acceptors (Lipinski definition) is 7. The molecule has 34 heavy (non-hydrogen) atoms. The van der Waals surface area contributed by atoms with Crippen LogP contribution in [0.15, 0.2) is 33.5 Å². The van der Waals surface area contributed by atoms with Crippen molar-refractivity contribution < 1.29 is 13.5 Å². The molecule has 0 radical (unpaired) electrons. The Bertz CT molecular complexity index is 1410. The fraction of sp³-hybridized carbons (Fsp3) is 0.400. The summed E-state index contributed by atoms with van der Waals surface area (Å²) in [5.74, 6) is -0.542. The number of halogens is 1. The summed E-state index contributed by atoms with van der Waals surface area (Å²) in [7, 11) is 2.07. The summed E-state index contributed by atoms with van der Waals surface area (Å²) >= 11 is 0. The van der Waals surface area contributed by atoms with Crippen molar-refractivity contribution in [2.45, 2.75) is 39.2 Å². The number of aromatic nitrogens is 3. The normalized spacial score (nSPS) is 16.5. The molecule has 1 saturated heterocycles. The van der Waals surface area contributed by atoms with Gasteiger partial charge in [-0.25, -0.2) is 9.18 Å². The van der Waals surface area contributed by atoms with Crippen LogP contribution in [-0.2, 0) is 0 Å². The lowest BCUT2D eigenvalue weighted by molar-refractivity contribution is 0.188. The highest BCUT2D eigenvalue weighted by Gasteiger charge is 2.24. The van der Waals surface area contributed by atoms with Gasteiger partial charge in [0.05, 0.1) is 5.52 Å². The van der Waals surface area contributed by atoms with Crippen molar-refractivity contribution in [2.24, 2.45) is 0 Å². The molecule has 9 heteroatoms. The Balaban J connectivity index is 1.64. The van der Waals surface area contributed by atoms with Crippen LogP contribution in [0.3, 0.4) is 0 Å². The molecule has 5 rings (SSSR count). The van der Waals surface area contributed by atoms with Crippen molar-refractivity contribution in [1.29, 1.82) is 0 Å². The Morgan fingerprint density at radius 3 is 2.97 bits per heavy atom. The number of aryl methyl sites for hydroxylation is 1. The first-order valence-corrected chi connectivity index (χ1v) is 11.7. The Morgan fingerprint density at radius 1 is 1.35 bits per heavy atom. The molecular formula is C25H28FN5O3. The first-order valence-electron chi connectivity index (χ1n) is 11.7. The van der Waals surface area contributed by atoms with Gasteiger partial charge in [0.2, 0.25) is 0 Å². The van der Waals surface area contributed by atoms with E-state index >= 15 is 4.39 Å². The summed E-state index contributed by atoms with van der Waals surface area (Å²) in [6.07, 6.45) is 3.07. The van der Waals surface area contributed by atoms with Gasteiger partial charge >= 0.3 is 11.8 Å². The van der Waals surface area contributed by atoms with E-state index in [1.54, 1.807) is 18.2 Å². The zero-order valence-electron chi connectivity index (χ0n) is 19.6. The predicted octanol–water partition coefficient (Wildman–Crippen LogP) is 4.47. The van der Waals surface area contributed by atoms with Crippen LogP contribution in [0.2, 0.25) is 0 Å².